The molecule has 0 saturated carbocycles. The van der Waals surface area contributed by atoms with Crippen LogP contribution >= 0.6 is 0 Å². The van der Waals surface area contributed by atoms with Crippen LogP contribution in [-0.4, -0.2) is 4.57 Å². The van der Waals surface area contributed by atoms with Gasteiger partial charge in [0.15, 0.2) is 5.58 Å². The van der Waals surface area contributed by atoms with Crippen LogP contribution < -0.4 is 0 Å². The Kier molecular flexibility index (Phi) is 5.00. The van der Waals surface area contributed by atoms with Crippen LogP contribution in [0.1, 0.15) is 0 Å². The van der Waals surface area contributed by atoms with Gasteiger partial charge in [0, 0.05) is 43.6 Å². The van der Waals surface area contributed by atoms with Gasteiger partial charge in [-0.2, -0.15) is 0 Å². The molecule has 0 aliphatic heterocycles. The summed E-state index contributed by atoms with van der Waals surface area (Å²) in [6.07, 6.45) is 0. The number of hydrogen-bond donors (Lipinski definition) is 0. The second-order valence-corrected chi connectivity index (χ2v) is 11.7. The lowest BCUT2D eigenvalue weighted by Gasteiger charge is -2.14. The lowest BCUT2D eigenvalue weighted by molar-refractivity contribution is 0.670. The largest absolute Gasteiger partial charge is 0.455 e. The van der Waals surface area contributed by atoms with Crippen LogP contribution in [-0.2, 0) is 0 Å². The Morgan fingerprint density at radius 2 is 0.978 bits per heavy atom. The summed E-state index contributed by atoms with van der Waals surface area (Å²) >= 11 is 0. The van der Waals surface area contributed by atoms with Crippen LogP contribution in [0.3, 0.4) is 0 Å². The zero-order valence-electron chi connectivity index (χ0n) is 24.2. The van der Waals surface area contributed by atoms with E-state index in [2.05, 4.69) is 138 Å². The predicted molar refractivity (Wildman–Crippen MR) is 186 cm³/mol. The van der Waals surface area contributed by atoms with Crippen LogP contribution in [0.2, 0.25) is 0 Å². The maximum absolute atomic E-state index is 6.64. The highest BCUT2D eigenvalue weighted by molar-refractivity contribution is 6.21. The van der Waals surface area contributed by atoms with E-state index in [1.54, 1.807) is 0 Å². The fourth-order valence-electron chi connectivity index (χ4n) is 7.17. The first-order valence-corrected chi connectivity index (χ1v) is 15.3. The highest BCUT2D eigenvalue weighted by Crippen LogP contribution is 2.43. The monoisotopic (exact) mass is 575 g/mol. The second-order valence-electron chi connectivity index (χ2n) is 11.7. The summed E-state index contributed by atoms with van der Waals surface area (Å²) in [5.74, 6) is 0. The summed E-state index contributed by atoms with van der Waals surface area (Å²) in [7, 11) is 0. The van der Waals surface area contributed by atoms with Gasteiger partial charge in [0.1, 0.15) is 16.7 Å². The molecule has 3 heteroatoms. The van der Waals surface area contributed by atoms with Gasteiger partial charge in [-0.05, 0) is 59.2 Å². The summed E-state index contributed by atoms with van der Waals surface area (Å²) in [4.78, 5) is 0. The van der Waals surface area contributed by atoms with Crippen molar-refractivity contribution in [3.8, 4) is 27.9 Å². The van der Waals surface area contributed by atoms with Crippen LogP contribution in [0.4, 0.5) is 0 Å². The van der Waals surface area contributed by atoms with Crippen molar-refractivity contribution in [1.29, 1.82) is 0 Å². The average molecular weight is 576 g/mol. The third kappa shape index (κ3) is 3.52. The average Bonchev–Trinajstić information content (AvgIpc) is 3.78. The molecule has 10 rings (SSSR count). The molecule has 45 heavy (non-hydrogen) atoms. The maximum atomic E-state index is 6.64. The zero-order valence-corrected chi connectivity index (χ0v) is 24.2. The summed E-state index contributed by atoms with van der Waals surface area (Å²) in [5.41, 5.74) is 11.3. The van der Waals surface area contributed by atoms with Crippen LogP contribution in [0.5, 0.6) is 0 Å². The Balaban J connectivity index is 1.34. The number of aromatic nitrogens is 1. The van der Waals surface area contributed by atoms with Crippen molar-refractivity contribution in [2.45, 2.75) is 0 Å². The third-order valence-electron chi connectivity index (χ3n) is 9.18. The number of benzene rings is 7. The molecule has 0 unspecified atom stereocenters. The highest BCUT2D eigenvalue weighted by atomic mass is 16.3. The molecular formula is C42H25NO2. The van der Waals surface area contributed by atoms with Gasteiger partial charge in [-0.25, -0.2) is 0 Å². The van der Waals surface area contributed by atoms with Crippen molar-refractivity contribution >= 4 is 65.7 Å². The van der Waals surface area contributed by atoms with Gasteiger partial charge in [0.05, 0.1) is 11.0 Å². The number of para-hydroxylation sites is 4. The third-order valence-corrected chi connectivity index (χ3v) is 9.18. The first-order valence-electron chi connectivity index (χ1n) is 15.3. The van der Waals surface area contributed by atoms with E-state index in [4.69, 9.17) is 8.83 Å². The molecule has 10 aromatic rings. The molecule has 7 aromatic carbocycles. The lowest BCUT2D eigenvalue weighted by atomic mass is 9.96. The van der Waals surface area contributed by atoms with Gasteiger partial charge < -0.3 is 13.4 Å². The maximum Gasteiger partial charge on any atom is 0.160 e. The van der Waals surface area contributed by atoms with E-state index >= 15 is 0 Å². The van der Waals surface area contributed by atoms with Crippen LogP contribution in [0.25, 0.3) is 93.6 Å². The van der Waals surface area contributed by atoms with Crippen molar-refractivity contribution in [3.05, 3.63) is 152 Å². The minimum atomic E-state index is 0.895. The summed E-state index contributed by atoms with van der Waals surface area (Å²) in [6, 6.07) is 53.6. The number of rotatable bonds is 3. The topological polar surface area (TPSA) is 31.2 Å². The summed E-state index contributed by atoms with van der Waals surface area (Å²) in [5, 5.41) is 6.86. The molecule has 0 radical (unpaired) electrons. The van der Waals surface area contributed by atoms with Gasteiger partial charge >= 0.3 is 0 Å². The molecule has 0 atom stereocenters. The molecule has 0 spiro atoms. The van der Waals surface area contributed by atoms with Gasteiger partial charge in [0.25, 0.3) is 0 Å². The molecule has 3 aromatic heterocycles. The Hall–Kier alpha value is -6.06. The first-order chi connectivity index (χ1) is 22.3. The molecule has 3 heterocycles. The lowest BCUT2D eigenvalue weighted by Crippen LogP contribution is -1.96. The first kappa shape index (κ1) is 24.4. The second kappa shape index (κ2) is 9.22. The van der Waals surface area contributed by atoms with Crippen molar-refractivity contribution < 1.29 is 8.83 Å². The minimum Gasteiger partial charge on any atom is -0.455 e. The molecule has 0 aliphatic carbocycles. The smallest absolute Gasteiger partial charge is 0.160 e. The molecule has 0 fully saturated rings. The van der Waals surface area contributed by atoms with Gasteiger partial charge in [-0.1, -0.05) is 109 Å². The molecule has 0 N–H and O–H groups in total. The van der Waals surface area contributed by atoms with Crippen molar-refractivity contribution in [1.82, 2.24) is 4.57 Å². The molecule has 3 nitrogen and oxygen atoms in total. The molecule has 0 saturated heterocycles. The van der Waals surface area contributed by atoms with Crippen LogP contribution in [0.15, 0.2) is 160 Å². The van der Waals surface area contributed by atoms with E-state index in [0.717, 1.165) is 82.9 Å². The molecule has 0 amide bonds. The molecule has 210 valence electrons. The van der Waals surface area contributed by atoms with Gasteiger partial charge in [-0.3, -0.25) is 0 Å². The Morgan fingerprint density at radius 1 is 0.378 bits per heavy atom. The van der Waals surface area contributed by atoms with Gasteiger partial charge in [-0.15, -0.1) is 0 Å². The van der Waals surface area contributed by atoms with Crippen molar-refractivity contribution in [3.63, 3.8) is 0 Å². The predicted octanol–water partition coefficient (Wildman–Crippen LogP) is 11.9. The highest BCUT2D eigenvalue weighted by Gasteiger charge is 2.20. The van der Waals surface area contributed by atoms with E-state index in [1.807, 2.05) is 18.2 Å². The van der Waals surface area contributed by atoms with E-state index < -0.39 is 0 Å². The standard InChI is InChI=1S/C42H25NO2/c1-2-11-26(12-3-1)27-23-28(30-16-10-17-35-32-14-5-8-19-38(32)44-41(30)35)25-29(24-27)43-37-18-7-4-13-31(37)34-21-22-36-33-15-6-9-20-39(33)45-42(36)40(34)43/h1-25H. The molecule has 0 aliphatic rings. The SMILES string of the molecule is c1ccc(-c2cc(-c3cccc4c3oc3ccccc34)cc(-n3c4ccccc4c4ccc5c6ccccc6oc5c43)c2)cc1. The van der Waals surface area contributed by atoms with Gasteiger partial charge in [0.2, 0.25) is 0 Å². The van der Waals surface area contributed by atoms with Crippen molar-refractivity contribution in [2.24, 2.45) is 0 Å². The van der Waals surface area contributed by atoms with Crippen LogP contribution in [0, 0.1) is 0 Å². The normalized spacial score (nSPS) is 12.0. The minimum absolute atomic E-state index is 0.895. The molecule has 0 bridgehead atoms. The summed E-state index contributed by atoms with van der Waals surface area (Å²) in [6.45, 7) is 0. The Bertz CT molecular complexity index is 2760. The number of fused-ring (bicyclic) bond motifs is 10. The fourth-order valence-corrected chi connectivity index (χ4v) is 7.17. The Morgan fingerprint density at radius 3 is 1.78 bits per heavy atom. The van der Waals surface area contributed by atoms with E-state index in [0.29, 0.717) is 0 Å². The zero-order chi connectivity index (χ0) is 29.5. The number of nitrogens with zero attached hydrogens (tertiary/aromatic N) is 1. The number of hydrogen-bond acceptors (Lipinski definition) is 2. The number of furan rings is 2. The quantitative estimate of drug-likeness (QED) is 0.210. The summed E-state index contributed by atoms with van der Waals surface area (Å²) < 4.78 is 15.5. The fraction of sp³-hybridized carbons (Fsp3) is 0. The molecular weight excluding hydrogens is 550 g/mol. The van der Waals surface area contributed by atoms with Crippen molar-refractivity contribution in [2.75, 3.05) is 0 Å². The Labute approximate surface area is 258 Å². The van der Waals surface area contributed by atoms with E-state index in [9.17, 15) is 0 Å². The van der Waals surface area contributed by atoms with E-state index in [1.165, 1.54) is 10.8 Å². The van der Waals surface area contributed by atoms with E-state index in [-0.39, 0.29) is 0 Å².